The molecular weight excluding hydrogens is 266 g/mol. The normalized spacial score (nSPS) is 19.8. The molecule has 1 saturated heterocycles. The summed E-state index contributed by atoms with van der Waals surface area (Å²) >= 11 is 0. The van der Waals surface area contributed by atoms with Crippen LogP contribution in [0.3, 0.4) is 0 Å². The molecule has 1 aromatic carbocycles. The van der Waals surface area contributed by atoms with Crippen LogP contribution in [0.1, 0.15) is 24.8 Å². The van der Waals surface area contributed by atoms with Crippen molar-refractivity contribution in [1.82, 2.24) is 5.32 Å². The maximum Gasteiger partial charge on any atom is 0.306 e. The van der Waals surface area contributed by atoms with Gasteiger partial charge in [0, 0.05) is 37.4 Å². The van der Waals surface area contributed by atoms with Crippen molar-refractivity contribution in [3.63, 3.8) is 0 Å². The number of rotatable bonds is 3. The molecule has 0 atom stereocenters. The molecule has 0 bridgehead atoms. The Balaban J connectivity index is 1.80. The molecule has 2 heterocycles. The number of benzene rings is 1. The van der Waals surface area contributed by atoms with Gasteiger partial charge in [0.15, 0.2) is 0 Å². The molecule has 112 valence electrons. The van der Waals surface area contributed by atoms with Gasteiger partial charge < -0.3 is 15.3 Å². The van der Waals surface area contributed by atoms with Crippen LogP contribution >= 0.6 is 0 Å². The summed E-state index contributed by atoms with van der Waals surface area (Å²) in [5.41, 5.74) is 2.29. The summed E-state index contributed by atoms with van der Waals surface area (Å²) in [5.74, 6) is 0.108. The van der Waals surface area contributed by atoms with Gasteiger partial charge in [0.1, 0.15) is 5.84 Å². The van der Waals surface area contributed by atoms with Gasteiger partial charge in [0.05, 0.1) is 5.92 Å². The second-order valence-electron chi connectivity index (χ2n) is 5.63. The summed E-state index contributed by atoms with van der Waals surface area (Å²) in [7, 11) is 0. The Bertz CT molecular complexity index is 548. The van der Waals surface area contributed by atoms with Crippen LogP contribution in [0.25, 0.3) is 0 Å². The van der Waals surface area contributed by atoms with E-state index in [2.05, 4.69) is 27.3 Å². The summed E-state index contributed by atoms with van der Waals surface area (Å²) in [6, 6.07) is 8.26. The average molecular weight is 287 g/mol. The molecule has 1 aromatic rings. The highest BCUT2D eigenvalue weighted by atomic mass is 16.4. The van der Waals surface area contributed by atoms with Gasteiger partial charge in [-0.2, -0.15) is 0 Å². The SMILES string of the molecule is O=C(O)C1CCN(c2ccccc2C2=NCCCN2)CC1. The molecule has 2 aliphatic heterocycles. The van der Waals surface area contributed by atoms with Gasteiger partial charge in [-0.1, -0.05) is 12.1 Å². The molecule has 21 heavy (non-hydrogen) atoms. The third kappa shape index (κ3) is 3.01. The number of hydrogen-bond acceptors (Lipinski definition) is 4. The van der Waals surface area contributed by atoms with E-state index in [1.54, 1.807) is 0 Å². The van der Waals surface area contributed by atoms with E-state index in [0.29, 0.717) is 12.8 Å². The minimum atomic E-state index is -0.666. The first-order chi connectivity index (χ1) is 10.3. The number of aliphatic imine (C=N–C) groups is 1. The Morgan fingerprint density at radius 2 is 2.05 bits per heavy atom. The number of aliphatic carboxylic acids is 1. The second-order valence-corrected chi connectivity index (χ2v) is 5.63. The predicted octanol–water partition coefficient (Wildman–Crippen LogP) is 1.73. The monoisotopic (exact) mass is 287 g/mol. The lowest BCUT2D eigenvalue weighted by Crippen LogP contribution is -2.38. The van der Waals surface area contributed by atoms with Gasteiger partial charge in [0.2, 0.25) is 0 Å². The number of carboxylic acids is 1. The maximum absolute atomic E-state index is 11.1. The zero-order valence-electron chi connectivity index (χ0n) is 12.1. The molecule has 1 fully saturated rings. The number of carboxylic acid groups (broad SMARTS) is 1. The van der Waals surface area contributed by atoms with Crippen LogP contribution in [0.4, 0.5) is 5.69 Å². The first-order valence-corrected chi connectivity index (χ1v) is 7.61. The van der Waals surface area contributed by atoms with Crippen molar-refractivity contribution in [3.8, 4) is 0 Å². The third-order valence-electron chi connectivity index (χ3n) is 4.24. The van der Waals surface area contributed by atoms with Crippen molar-refractivity contribution in [1.29, 1.82) is 0 Å². The van der Waals surface area contributed by atoms with Gasteiger partial charge in [0.25, 0.3) is 0 Å². The van der Waals surface area contributed by atoms with E-state index in [0.717, 1.165) is 49.7 Å². The molecule has 0 aliphatic carbocycles. The van der Waals surface area contributed by atoms with Crippen molar-refractivity contribution >= 4 is 17.5 Å². The Labute approximate surface area is 124 Å². The number of para-hydroxylation sites is 1. The number of piperidine rings is 1. The highest BCUT2D eigenvalue weighted by Gasteiger charge is 2.26. The number of nitrogens with one attached hydrogen (secondary N) is 1. The Hall–Kier alpha value is -2.04. The van der Waals surface area contributed by atoms with Gasteiger partial charge in [-0.25, -0.2) is 0 Å². The zero-order chi connectivity index (χ0) is 14.7. The molecule has 0 amide bonds. The van der Waals surface area contributed by atoms with E-state index in [-0.39, 0.29) is 5.92 Å². The van der Waals surface area contributed by atoms with E-state index in [4.69, 9.17) is 5.11 Å². The quantitative estimate of drug-likeness (QED) is 0.888. The highest BCUT2D eigenvalue weighted by molar-refractivity contribution is 6.04. The maximum atomic E-state index is 11.1. The number of hydrogen-bond donors (Lipinski definition) is 2. The van der Waals surface area contributed by atoms with Crippen molar-refractivity contribution in [2.75, 3.05) is 31.1 Å². The summed E-state index contributed by atoms with van der Waals surface area (Å²) in [4.78, 5) is 17.9. The molecule has 0 radical (unpaired) electrons. The van der Waals surface area contributed by atoms with E-state index < -0.39 is 5.97 Å². The van der Waals surface area contributed by atoms with Gasteiger partial charge in [-0.3, -0.25) is 9.79 Å². The minimum absolute atomic E-state index is 0.196. The van der Waals surface area contributed by atoms with Crippen LogP contribution in [0, 0.1) is 5.92 Å². The fourth-order valence-corrected chi connectivity index (χ4v) is 3.03. The smallest absolute Gasteiger partial charge is 0.306 e. The van der Waals surface area contributed by atoms with Gasteiger partial charge >= 0.3 is 5.97 Å². The van der Waals surface area contributed by atoms with Crippen LogP contribution in [-0.2, 0) is 4.79 Å². The predicted molar refractivity (Wildman–Crippen MR) is 83.0 cm³/mol. The molecule has 5 heteroatoms. The number of nitrogens with zero attached hydrogens (tertiary/aromatic N) is 2. The zero-order valence-corrected chi connectivity index (χ0v) is 12.1. The fourth-order valence-electron chi connectivity index (χ4n) is 3.03. The lowest BCUT2D eigenvalue weighted by atomic mass is 9.96. The minimum Gasteiger partial charge on any atom is -0.481 e. The van der Waals surface area contributed by atoms with Crippen LogP contribution in [-0.4, -0.2) is 43.1 Å². The fraction of sp³-hybridized carbons (Fsp3) is 0.500. The summed E-state index contributed by atoms with van der Waals surface area (Å²) in [5, 5.41) is 12.5. The molecule has 3 rings (SSSR count). The van der Waals surface area contributed by atoms with Gasteiger partial charge in [-0.05, 0) is 31.4 Å². The average Bonchev–Trinajstić information content (AvgIpc) is 2.56. The van der Waals surface area contributed by atoms with Crippen LogP contribution in [0.5, 0.6) is 0 Å². The summed E-state index contributed by atoms with van der Waals surface area (Å²) < 4.78 is 0. The highest BCUT2D eigenvalue weighted by Crippen LogP contribution is 2.27. The number of amidine groups is 1. The molecule has 0 aromatic heterocycles. The molecular formula is C16H21N3O2. The van der Waals surface area contributed by atoms with Crippen molar-refractivity contribution in [3.05, 3.63) is 29.8 Å². The van der Waals surface area contributed by atoms with E-state index in [9.17, 15) is 4.79 Å². The molecule has 0 saturated carbocycles. The third-order valence-corrected chi connectivity index (χ3v) is 4.24. The van der Waals surface area contributed by atoms with E-state index >= 15 is 0 Å². The van der Waals surface area contributed by atoms with Crippen LogP contribution in [0.15, 0.2) is 29.3 Å². The second kappa shape index (κ2) is 6.16. The lowest BCUT2D eigenvalue weighted by Gasteiger charge is -2.33. The largest absolute Gasteiger partial charge is 0.481 e. The summed E-state index contributed by atoms with van der Waals surface area (Å²) in [6.07, 6.45) is 2.50. The Kier molecular flexibility index (Phi) is 4.08. The number of carbonyl (C=O) groups is 1. The topological polar surface area (TPSA) is 64.9 Å². The standard InChI is InChI=1S/C16H21N3O2/c20-16(21)12-6-10-19(11-7-12)14-5-2-1-4-13(14)15-17-8-3-9-18-15/h1-2,4-5,12H,3,6-11H2,(H,17,18)(H,20,21). The van der Waals surface area contributed by atoms with Crippen molar-refractivity contribution < 1.29 is 9.90 Å². The van der Waals surface area contributed by atoms with Crippen LogP contribution in [0.2, 0.25) is 0 Å². The van der Waals surface area contributed by atoms with Crippen molar-refractivity contribution in [2.24, 2.45) is 10.9 Å². The first-order valence-electron chi connectivity index (χ1n) is 7.61. The Morgan fingerprint density at radius 3 is 2.71 bits per heavy atom. The van der Waals surface area contributed by atoms with E-state index in [1.165, 1.54) is 0 Å². The number of anilines is 1. The van der Waals surface area contributed by atoms with E-state index in [1.807, 2.05) is 12.1 Å². The molecule has 0 spiro atoms. The lowest BCUT2D eigenvalue weighted by molar-refractivity contribution is -0.142. The first kappa shape index (κ1) is 13.9. The van der Waals surface area contributed by atoms with Crippen LogP contribution < -0.4 is 10.2 Å². The van der Waals surface area contributed by atoms with Crippen molar-refractivity contribution in [2.45, 2.75) is 19.3 Å². The molecule has 2 aliphatic rings. The van der Waals surface area contributed by atoms with Gasteiger partial charge in [-0.15, -0.1) is 0 Å². The molecule has 2 N–H and O–H groups in total. The molecule has 5 nitrogen and oxygen atoms in total. The Morgan fingerprint density at radius 1 is 1.29 bits per heavy atom. The molecule has 0 unspecified atom stereocenters. The summed E-state index contributed by atoms with van der Waals surface area (Å²) in [6.45, 7) is 3.43.